The summed E-state index contributed by atoms with van der Waals surface area (Å²) in [5, 5.41) is 0.229. The molecule has 172 valence electrons. The lowest BCUT2D eigenvalue weighted by atomic mass is 10.1. The second kappa shape index (κ2) is 8.53. The molecule has 0 spiro atoms. The summed E-state index contributed by atoms with van der Waals surface area (Å²) in [5.74, 6) is -0.360. The minimum atomic E-state index is -3.68. The molecule has 0 bridgehead atoms. The van der Waals surface area contributed by atoms with Gasteiger partial charge in [-0.3, -0.25) is 4.79 Å². The van der Waals surface area contributed by atoms with Crippen molar-refractivity contribution in [1.29, 1.82) is 0 Å². The molecule has 1 amide bonds. The molecule has 2 aliphatic heterocycles. The van der Waals surface area contributed by atoms with Crippen LogP contribution in [-0.2, 0) is 21.2 Å². The van der Waals surface area contributed by atoms with Crippen LogP contribution in [-0.4, -0.2) is 61.9 Å². The van der Waals surface area contributed by atoms with Gasteiger partial charge in [0.2, 0.25) is 10.0 Å². The molecule has 0 atom stereocenters. The third-order valence-corrected chi connectivity index (χ3v) is 7.73. The summed E-state index contributed by atoms with van der Waals surface area (Å²) in [6, 6.07) is 8.87. The molecule has 2 aromatic rings. The maximum atomic E-state index is 14.1. The van der Waals surface area contributed by atoms with E-state index in [0.29, 0.717) is 13.0 Å². The highest BCUT2D eigenvalue weighted by molar-refractivity contribution is 7.89. The Morgan fingerprint density at radius 3 is 2.53 bits per heavy atom. The van der Waals surface area contributed by atoms with E-state index in [1.807, 2.05) is 0 Å². The molecular weight excluding hydrogens is 459 g/mol. The summed E-state index contributed by atoms with van der Waals surface area (Å²) in [7, 11) is -3.68. The molecule has 0 aliphatic carbocycles. The van der Waals surface area contributed by atoms with Gasteiger partial charge >= 0.3 is 0 Å². The van der Waals surface area contributed by atoms with Gasteiger partial charge in [0.1, 0.15) is 5.75 Å². The van der Waals surface area contributed by atoms with E-state index in [1.165, 1.54) is 21.3 Å². The highest BCUT2D eigenvalue weighted by Crippen LogP contribution is 2.30. The van der Waals surface area contributed by atoms with Crippen molar-refractivity contribution < 1.29 is 27.1 Å². The minimum Gasteiger partial charge on any atom is -0.493 e. The minimum absolute atomic E-state index is 0.0745. The lowest BCUT2D eigenvalue weighted by Crippen LogP contribution is -2.56. The fourth-order valence-corrected chi connectivity index (χ4v) is 5.49. The summed E-state index contributed by atoms with van der Waals surface area (Å²) in [6.45, 7) is 4.40. The molecule has 0 N–H and O–H groups in total. The molecule has 7 nitrogen and oxygen atoms in total. The Morgan fingerprint density at radius 1 is 1.12 bits per heavy atom. The van der Waals surface area contributed by atoms with Crippen molar-refractivity contribution in [3.05, 3.63) is 52.8 Å². The van der Waals surface area contributed by atoms with Crippen molar-refractivity contribution >= 4 is 27.5 Å². The lowest BCUT2D eigenvalue weighted by molar-refractivity contribution is -0.146. The number of nitrogens with zero attached hydrogens (tertiary/aromatic N) is 2. The van der Waals surface area contributed by atoms with Crippen LogP contribution in [0.5, 0.6) is 11.5 Å². The van der Waals surface area contributed by atoms with Gasteiger partial charge in [-0.2, -0.15) is 4.31 Å². The average molecular weight is 483 g/mol. The number of carbonyl (C=O) groups excluding carboxylic acids is 1. The summed E-state index contributed by atoms with van der Waals surface area (Å²) >= 11 is 5.76. The van der Waals surface area contributed by atoms with Crippen molar-refractivity contribution in [1.82, 2.24) is 9.21 Å². The van der Waals surface area contributed by atoms with E-state index in [0.717, 1.165) is 17.4 Å². The van der Waals surface area contributed by atoms with Crippen LogP contribution in [0.25, 0.3) is 0 Å². The molecule has 0 radical (unpaired) electrons. The van der Waals surface area contributed by atoms with Gasteiger partial charge in [0.25, 0.3) is 5.91 Å². The van der Waals surface area contributed by atoms with Crippen LogP contribution in [0.4, 0.5) is 4.39 Å². The average Bonchev–Trinajstić information content (AvgIpc) is 3.23. The fourth-order valence-electron chi connectivity index (χ4n) is 3.86. The normalized spacial score (nSPS) is 17.1. The Kier molecular flexibility index (Phi) is 6.08. The quantitative estimate of drug-likeness (QED) is 0.654. The predicted molar refractivity (Wildman–Crippen MR) is 117 cm³/mol. The smallest absolute Gasteiger partial charge is 0.266 e. The van der Waals surface area contributed by atoms with Gasteiger partial charge in [-0.1, -0.05) is 11.6 Å². The van der Waals surface area contributed by atoms with Crippen LogP contribution >= 0.6 is 11.6 Å². The lowest BCUT2D eigenvalue weighted by Gasteiger charge is -2.38. The van der Waals surface area contributed by atoms with E-state index in [2.05, 4.69) is 0 Å². The first-order chi connectivity index (χ1) is 15.1. The number of rotatable bonds is 5. The fraction of sp³-hybridized carbons (Fsp3) is 0.409. The predicted octanol–water partition coefficient (Wildman–Crippen LogP) is 3.10. The van der Waals surface area contributed by atoms with Gasteiger partial charge in [0.05, 0.1) is 11.5 Å². The third kappa shape index (κ3) is 4.42. The van der Waals surface area contributed by atoms with Crippen LogP contribution in [0.1, 0.15) is 19.4 Å². The molecule has 2 aliphatic rings. The van der Waals surface area contributed by atoms with Gasteiger partial charge < -0.3 is 14.4 Å². The first-order valence-corrected chi connectivity index (χ1v) is 12.1. The third-order valence-electron chi connectivity index (χ3n) is 5.60. The van der Waals surface area contributed by atoms with Crippen molar-refractivity contribution in [3.8, 4) is 11.5 Å². The Balaban J connectivity index is 1.41. The maximum absolute atomic E-state index is 14.1. The van der Waals surface area contributed by atoms with Gasteiger partial charge in [-0.15, -0.1) is 0 Å². The van der Waals surface area contributed by atoms with Crippen LogP contribution in [0, 0.1) is 5.82 Å². The van der Waals surface area contributed by atoms with E-state index < -0.39 is 21.4 Å². The first kappa shape index (κ1) is 22.8. The molecule has 10 heteroatoms. The molecule has 2 heterocycles. The Labute approximate surface area is 191 Å². The highest BCUT2D eigenvalue weighted by Gasteiger charge is 2.38. The molecule has 4 rings (SSSR count). The zero-order valence-electron chi connectivity index (χ0n) is 17.8. The zero-order valence-corrected chi connectivity index (χ0v) is 19.4. The Bertz CT molecular complexity index is 1150. The second-order valence-corrected chi connectivity index (χ2v) is 10.6. The SMILES string of the molecule is CC(C)(Oc1ccc(Cl)cc1F)C(=O)N1CCN(S(=O)(=O)c2ccc3c(c2)CCO3)CC1. The van der Waals surface area contributed by atoms with Crippen LogP contribution < -0.4 is 9.47 Å². The number of halogens is 2. The standard InChI is InChI=1S/C22H24ClFN2O5S/c1-22(2,31-20-5-3-16(23)14-18(20)24)21(27)25-8-10-26(11-9-25)32(28,29)17-4-6-19-15(13-17)7-12-30-19/h3-6,13-14H,7-12H2,1-2H3. The summed E-state index contributed by atoms with van der Waals surface area (Å²) in [6.07, 6.45) is 0.685. The van der Waals surface area contributed by atoms with Crippen LogP contribution in [0.2, 0.25) is 5.02 Å². The number of hydrogen-bond acceptors (Lipinski definition) is 5. The molecule has 1 fully saturated rings. The van der Waals surface area contributed by atoms with E-state index in [4.69, 9.17) is 21.1 Å². The van der Waals surface area contributed by atoms with Crippen molar-refractivity contribution in [2.45, 2.75) is 30.8 Å². The molecular formula is C22H24ClFN2O5S. The molecule has 0 saturated carbocycles. The van der Waals surface area contributed by atoms with Gasteiger partial charge in [0.15, 0.2) is 17.2 Å². The molecule has 2 aromatic carbocycles. The van der Waals surface area contributed by atoms with E-state index >= 15 is 0 Å². The van der Waals surface area contributed by atoms with Crippen LogP contribution in [0.3, 0.4) is 0 Å². The molecule has 32 heavy (non-hydrogen) atoms. The molecule has 0 aromatic heterocycles. The number of fused-ring (bicyclic) bond motifs is 1. The first-order valence-electron chi connectivity index (χ1n) is 10.3. The monoisotopic (exact) mass is 482 g/mol. The van der Waals surface area contributed by atoms with E-state index in [-0.39, 0.29) is 47.8 Å². The zero-order chi connectivity index (χ0) is 23.1. The summed E-state index contributed by atoms with van der Waals surface area (Å²) < 4.78 is 52.7. The number of piperazine rings is 1. The number of amides is 1. The number of benzene rings is 2. The van der Waals surface area contributed by atoms with Gasteiger partial charge in [-0.25, -0.2) is 12.8 Å². The Hall–Kier alpha value is -2.36. The van der Waals surface area contributed by atoms with Crippen molar-refractivity contribution in [2.24, 2.45) is 0 Å². The van der Waals surface area contributed by atoms with E-state index in [9.17, 15) is 17.6 Å². The maximum Gasteiger partial charge on any atom is 0.266 e. The molecule has 1 saturated heterocycles. The van der Waals surface area contributed by atoms with Crippen molar-refractivity contribution in [3.63, 3.8) is 0 Å². The number of sulfonamides is 1. The largest absolute Gasteiger partial charge is 0.493 e. The second-order valence-electron chi connectivity index (χ2n) is 8.25. The van der Waals surface area contributed by atoms with Crippen molar-refractivity contribution in [2.75, 3.05) is 32.8 Å². The number of hydrogen-bond donors (Lipinski definition) is 0. The van der Waals surface area contributed by atoms with Gasteiger partial charge in [-0.05, 0) is 55.8 Å². The topological polar surface area (TPSA) is 76.2 Å². The van der Waals surface area contributed by atoms with Crippen LogP contribution in [0.15, 0.2) is 41.3 Å². The summed E-state index contributed by atoms with van der Waals surface area (Å²) in [5.41, 5.74) is -0.455. The number of ether oxygens (including phenoxy) is 2. The number of carbonyl (C=O) groups is 1. The molecule has 0 unspecified atom stereocenters. The Morgan fingerprint density at radius 2 is 1.84 bits per heavy atom. The van der Waals surface area contributed by atoms with E-state index in [1.54, 1.807) is 32.0 Å². The highest BCUT2D eigenvalue weighted by atomic mass is 35.5. The van der Waals surface area contributed by atoms with Gasteiger partial charge in [0, 0.05) is 37.6 Å². The summed E-state index contributed by atoms with van der Waals surface area (Å²) in [4.78, 5) is 14.8.